The molecule has 1 aliphatic rings. The number of anilines is 1. The number of hydrogen-bond acceptors (Lipinski definition) is 4. The predicted octanol–water partition coefficient (Wildman–Crippen LogP) is 7.07. The molecule has 0 aromatic heterocycles. The topological polar surface area (TPSA) is 77.8 Å². The molecule has 2 N–H and O–H groups in total. The van der Waals surface area contributed by atoms with E-state index in [1.165, 1.54) is 29.3 Å². The van der Waals surface area contributed by atoms with Crippen LogP contribution in [0.25, 0.3) is 17.2 Å². The third kappa shape index (κ3) is 5.17. The van der Waals surface area contributed by atoms with Gasteiger partial charge < -0.3 is 15.1 Å². The fourth-order valence-electron chi connectivity index (χ4n) is 5.20. The lowest BCUT2D eigenvalue weighted by Crippen LogP contribution is -2.34. The Morgan fingerprint density at radius 3 is 2.14 bits per heavy atom. The number of phenols is 1. The number of aromatic hydroxyl groups is 1. The van der Waals surface area contributed by atoms with Crippen LogP contribution in [0.4, 0.5) is 5.69 Å². The number of fused-ring (bicyclic) bond motifs is 1. The first-order chi connectivity index (χ1) is 17.3. The molecule has 5 heteroatoms. The summed E-state index contributed by atoms with van der Waals surface area (Å²) in [6.45, 7) is 9.06. The van der Waals surface area contributed by atoms with Gasteiger partial charge in [0.25, 0.3) is 0 Å². The van der Waals surface area contributed by atoms with E-state index < -0.39 is 5.97 Å². The zero-order valence-corrected chi connectivity index (χ0v) is 22.4. The molecule has 1 aliphatic carbocycles. The minimum Gasteiger partial charge on any atom is -0.507 e. The van der Waals surface area contributed by atoms with Crippen LogP contribution in [-0.2, 0) is 10.8 Å². The van der Waals surface area contributed by atoms with Crippen molar-refractivity contribution in [1.82, 2.24) is 0 Å². The first kappa shape index (κ1) is 26.2. The van der Waals surface area contributed by atoms with E-state index in [2.05, 4.69) is 56.9 Å². The second-order valence-corrected chi connectivity index (χ2v) is 11.4. The minimum absolute atomic E-state index is 0.0266. The third-order valence-electron chi connectivity index (χ3n) is 7.58. The lowest BCUT2D eigenvalue weighted by molar-refractivity contribution is 0.0693. The van der Waals surface area contributed by atoms with Gasteiger partial charge in [0, 0.05) is 25.3 Å². The number of hydrogen-bond donors (Lipinski definition) is 2. The van der Waals surface area contributed by atoms with Crippen LogP contribution in [0.1, 0.15) is 77.9 Å². The average Bonchev–Trinajstić information content (AvgIpc) is 2.84. The molecule has 192 valence electrons. The molecule has 0 aliphatic heterocycles. The van der Waals surface area contributed by atoms with E-state index in [0.717, 1.165) is 29.7 Å². The number of carboxylic acid groups (broad SMARTS) is 1. The summed E-state index contributed by atoms with van der Waals surface area (Å²) in [5.41, 5.74) is 6.68. The highest BCUT2D eigenvalue weighted by Crippen LogP contribution is 2.50. The summed E-state index contributed by atoms with van der Waals surface area (Å²) in [6, 6.07) is 16.8. The van der Waals surface area contributed by atoms with E-state index in [-0.39, 0.29) is 27.9 Å². The monoisotopic (exact) mass is 497 g/mol. The Morgan fingerprint density at radius 1 is 0.892 bits per heavy atom. The standard InChI is InChI=1S/C32H35NO4/c1-31(2)15-16-32(3,4)29-25(21-9-11-23(12-10-21)33(5)6)18-22(19-26(29)31)27(34)14-8-20-7-13-24(30(36)37)28(35)17-20/h7-14,17-19,35H,15-16H2,1-6H3,(H,36,37). The number of carboxylic acids is 1. The van der Waals surface area contributed by atoms with Gasteiger partial charge in [0.1, 0.15) is 11.3 Å². The number of nitrogens with zero attached hydrogens (tertiary/aromatic N) is 1. The molecule has 0 radical (unpaired) electrons. The summed E-state index contributed by atoms with van der Waals surface area (Å²) < 4.78 is 0. The SMILES string of the molecule is CN(C)c1ccc(-c2cc(C(=O)C=Cc3ccc(C(=O)O)c(O)c3)cc3c2C(C)(C)CCC3(C)C)cc1. The summed E-state index contributed by atoms with van der Waals surface area (Å²) in [4.78, 5) is 26.6. The van der Waals surface area contributed by atoms with Crippen LogP contribution in [0, 0.1) is 0 Å². The molecule has 0 amide bonds. The van der Waals surface area contributed by atoms with Crippen molar-refractivity contribution in [2.45, 2.75) is 51.4 Å². The van der Waals surface area contributed by atoms with Crippen LogP contribution in [0.5, 0.6) is 5.75 Å². The molecule has 0 fully saturated rings. The maximum atomic E-state index is 13.4. The molecule has 0 saturated carbocycles. The number of carbonyl (C=O) groups is 2. The van der Waals surface area contributed by atoms with E-state index in [9.17, 15) is 14.7 Å². The van der Waals surface area contributed by atoms with Crippen molar-refractivity contribution in [3.05, 3.63) is 88.5 Å². The second kappa shape index (κ2) is 9.55. The number of aromatic carboxylic acids is 1. The van der Waals surface area contributed by atoms with Gasteiger partial charge in [0.05, 0.1) is 0 Å². The fourth-order valence-corrected chi connectivity index (χ4v) is 5.20. The van der Waals surface area contributed by atoms with Crippen LogP contribution in [0.15, 0.2) is 60.7 Å². The van der Waals surface area contributed by atoms with E-state index in [1.54, 1.807) is 12.1 Å². The van der Waals surface area contributed by atoms with Crippen molar-refractivity contribution in [1.29, 1.82) is 0 Å². The highest BCUT2D eigenvalue weighted by Gasteiger charge is 2.39. The molecule has 0 unspecified atom stereocenters. The third-order valence-corrected chi connectivity index (χ3v) is 7.58. The molecule has 37 heavy (non-hydrogen) atoms. The van der Waals surface area contributed by atoms with Crippen LogP contribution < -0.4 is 4.90 Å². The molecule has 0 atom stereocenters. The number of allylic oxidation sites excluding steroid dienone is 1. The van der Waals surface area contributed by atoms with E-state index >= 15 is 0 Å². The zero-order valence-electron chi connectivity index (χ0n) is 22.4. The van der Waals surface area contributed by atoms with E-state index in [1.807, 2.05) is 26.2 Å². The Bertz CT molecular complexity index is 1400. The summed E-state index contributed by atoms with van der Waals surface area (Å²) in [5, 5.41) is 19.1. The van der Waals surface area contributed by atoms with Crippen LogP contribution in [-0.4, -0.2) is 36.1 Å². The normalized spacial score (nSPS) is 15.8. The van der Waals surface area contributed by atoms with Gasteiger partial charge in [-0.05, 0) is 94.0 Å². The summed E-state index contributed by atoms with van der Waals surface area (Å²) >= 11 is 0. The Labute approximate surface area is 219 Å². The zero-order chi connectivity index (χ0) is 27.1. The fraction of sp³-hybridized carbons (Fsp3) is 0.312. The quantitative estimate of drug-likeness (QED) is 0.281. The molecule has 0 heterocycles. The summed E-state index contributed by atoms with van der Waals surface area (Å²) in [6.07, 6.45) is 5.19. The lowest BCUT2D eigenvalue weighted by atomic mass is 9.61. The van der Waals surface area contributed by atoms with Gasteiger partial charge in [0.15, 0.2) is 5.78 Å². The van der Waals surface area contributed by atoms with Crippen LogP contribution in [0.2, 0.25) is 0 Å². The molecular formula is C32H35NO4. The van der Waals surface area contributed by atoms with Gasteiger partial charge in [-0.2, -0.15) is 0 Å². The van der Waals surface area contributed by atoms with Crippen molar-refractivity contribution >= 4 is 23.5 Å². The molecule has 0 spiro atoms. The largest absolute Gasteiger partial charge is 0.507 e. The highest BCUT2D eigenvalue weighted by atomic mass is 16.4. The molecule has 4 rings (SSSR count). The van der Waals surface area contributed by atoms with Gasteiger partial charge in [0.2, 0.25) is 0 Å². The predicted molar refractivity (Wildman–Crippen MR) is 150 cm³/mol. The molecule has 3 aromatic rings. The summed E-state index contributed by atoms with van der Waals surface area (Å²) in [5.74, 6) is -1.67. The van der Waals surface area contributed by atoms with Gasteiger partial charge in [-0.3, -0.25) is 4.79 Å². The van der Waals surface area contributed by atoms with Gasteiger partial charge >= 0.3 is 5.97 Å². The first-order valence-corrected chi connectivity index (χ1v) is 12.6. The number of benzene rings is 3. The number of carbonyl (C=O) groups excluding carboxylic acids is 1. The molecule has 0 saturated heterocycles. The Morgan fingerprint density at radius 2 is 1.54 bits per heavy atom. The number of ketones is 1. The van der Waals surface area contributed by atoms with Gasteiger partial charge in [-0.25, -0.2) is 4.79 Å². The van der Waals surface area contributed by atoms with Crippen molar-refractivity contribution in [3.8, 4) is 16.9 Å². The molecular weight excluding hydrogens is 462 g/mol. The smallest absolute Gasteiger partial charge is 0.339 e. The Hall–Kier alpha value is -3.86. The molecule has 3 aromatic carbocycles. The number of rotatable bonds is 6. The lowest BCUT2D eigenvalue weighted by Gasteiger charge is -2.43. The van der Waals surface area contributed by atoms with Crippen LogP contribution in [0.3, 0.4) is 0 Å². The molecule has 5 nitrogen and oxygen atoms in total. The maximum Gasteiger partial charge on any atom is 0.339 e. The first-order valence-electron chi connectivity index (χ1n) is 12.6. The maximum absolute atomic E-state index is 13.4. The Kier molecular flexibility index (Phi) is 6.76. The van der Waals surface area contributed by atoms with Crippen molar-refractivity contribution < 1.29 is 19.8 Å². The van der Waals surface area contributed by atoms with Gasteiger partial charge in [-0.15, -0.1) is 0 Å². The average molecular weight is 498 g/mol. The van der Waals surface area contributed by atoms with Gasteiger partial charge in [-0.1, -0.05) is 52.0 Å². The summed E-state index contributed by atoms with van der Waals surface area (Å²) in [7, 11) is 4.03. The van der Waals surface area contributed by atoms with Crippen molar-refractivity contribution in [2.75, 3.05) is 19.0 Å². The van der Waals surface area contributed by atoms with Crippen molar-refractivity contribution in [3.63, 3.8) is 0 Å². The van der Waals surface area contributed by atoms with E-state index in [4.69, 9.17) is 5.11 Å². The second-order valence-electron chi connectivity index (χ2n) is 11.4. The van der Waals surface area contributed by atoms with Crippen LogP contribution >= 0.6 is 0 Å². The molecule has 0 bridgehead atoms. The van der Waals surface area contributed by atoms with E-state index in [0.29, 0.717) is 11.1 Å². The minimum atomic E-state index is -1.20. The Balaban J connectivity index is 1.81. The van der Waals surface area contributed by atoms with Crippen molar-refractivity contribution in [2.24, 2.45) is 0 Å². The highest BCUT2D eigenvalue weighted by molar-refractivity contribution is 6.08.